The van der Waals surface area contributed by atoms with Crippen LogP contribution in [-0.4, -0.2) is 41.6 Å². The van der Waals surface area contributed by atoms with Gasteiger partial charge in [-0.1, -0.05) is 34.8 Å². The van der Waals surface area contributed by atoms with Gasteiger partial charge in [-0.25, -0.2) is 22.9 Å². The molecule has 1 saturated heterocycles. The number of sulfone groups is 1. The van der Waals surface area contributed by atoms with E-state index in [2.05, 4.69) is 10.1 Å². The molecule has 1 aromatic carbocycles. The van der Waals surface area contributed by atoms with Crippen molar-refractivity contribution in [2.45, 2.75) is 19.4 Å². The molecule has 0 aliphatic carbocycles. The summed E-state index contributed by atoms with van der Waals surface area (Å²) in [5, 5.41) is 5.36. The van der Waals surface area contributed by atoms with E-state index in [4.69, 9.17) is 39.5 Å². The van der Waals surface area contributed by atoms with Gasteiger partial charge in [0.2, 0.25) is 5.90 Å². The van der Waals surface area contributed by atoms with Crippen molar-refractivity contribution in [1.82, 2.24) is 9.78 Å². The number of carbonyl (C=O) groups is 1. The van der Waals surface area contributed by atoms with E-state index in [0.29, 0.717) is 33.3 Å². The number of ether oxygens (including phenoxy) is 1. The van der Waals surface area contributed by atoms with Crippen molar-refractivity contribution in [2.75, 3.05) is 11.5 Å². The molecule has 11 heteroatoms. The minimum absolute atomic E-state index is 0.0107. The third-order valence-electron chi connectivity index (χ3n) is 4.69. The summed E-state index contributed by atoms with van der Waals surface area (Å²) < 4.78 is 30.3. The molecule has 3 heterocycles. The van der Waals surface area contributed by atoms with Gasteiger partial charge < -0.3 is 4.74 Å². The van der Waals surface area contributed by atoms with Gasteiger partial charge in [-0.2, -0.15) is 5.10 Å². The van der Waals surface area contributed by atoms with E-state index >= 15 is 0 Å². The summed E-state index contributed by atoms with van der Waals surface area (Å²) in [6, 6.07) is 4.41. The lowest BCUT2D eigenvalue weighted by Crippen LogP contribution is -2.12. The smallest absolute Gasteiger partial charge is 0.363 e. The number of rotatable bonds is 3. The lowest BCUT2D eigenvalue weighted by molar-refractivity contribution is -0.129. The van der Waals surface area contributed by atoms with Crippen LogP contribution in [0.5, 0.6) is 0 Å². The Morgan fingerprint density at radius 2 is 2.03 bits per heavy atom. The molecule has 0 radical (unpaired) electrons. The van der Waals surface area contributed by atoms with E-state index in [1.807, 2.05) is 0 Å². The maximum absolute atomic E-state index is 12.3. The van der Waals surface area contributed by atoms with E-state index in [1.54, 1.807) is 19.1 Å². The fraction of sp³-hybridized carbons (Fsp3) is 0.278. The van der Waals surface area contributed by atoms with Gasteiger partial charge in [0.25, 0.3) is 0 Å². The molecule has 2 aliphatic heterocycles. The first-order valence-corrected chi connectivity index (χ1v) is 11.5. The topological polar surface area (TPSA) is 90.6 Å². The number of aliphatic imine (C=N–C) groups is 1. The Labute approximate surface area is 181 Å². The van der Waals surface area contributed by atoms with Crippen molar-refractivity contribution < 1.29 is 17.9 Å². The SMILES string of the molecule is Cc1nn([C@@H]2CCS(=O)(=O)C2)c(Cl)c1/C=C1/N=C(c2ccc(Cl)cc2Cl)OC1=O. The predicted molar refractivity (Wildman–Crippen MR) is 111 cm³/mol. The monoisotopic (exact) mass is 473 g/mol. The highest BCUT2D eigenvalue weighted by atomic mass is 35.5. The minimum Gasteiger partial charge on any atom is -0.402 e. The molecule has 0 N–H and O–H groups in total. The van der Waals surface area contributed by atoms with E-state index in [1.165, 1.54) is 16.8 Å². The number of carbonyl (C=O) groups excluding carboxylic acids is 1. The number of esters is 1. The maximum Gasteiger partial charge on any atom is 0.363 e. The highest BCUT2D eigenvalue weighted by Gasteiger charge is 2.32. The van der Waals surface area contributed by atoms with Gasteiger partial charge in [-0.15, -0.1) is 0 Å². The number of benzene rings is 1. The number of aryl methyl sites for hydroxylation is 1. The Morgan fingerprint density at radius 3 is 2.69 bits per heavy atom. The zero-order chi connectivity index (χ0) is 20.9. The molecule has 2 aromatic rings. The predicted octanol–water partition coefficient (Wildman–Crippen LogP) is 3.86. The highest BCUT2D eigenvalue weighted by molar-refractivity contribution is 7.91. The van der Waals surface area contributed by atoms with Gasteiger partial charge >= 0.3 is 5.97 Å². The molecule has 0 saturated carbocycles. The summed E-state index contributed by atoms with van der Waals surface area (Å²) in [5.41, 5.74) is 1.50. The van der Waals surface area contributed by atoms with Crippen molar-refractivity contribution in [2.24, 2.45) is 4.99 Å². The molecular weight excluding hydrogens is 461 g/mol. The number of halogens is 3. The van der Waals surface area contributed by atoms with Gasteiger partial charge in [-0.3, -0.25) is 0 Å². The Balaban J connectivity index is 1.69. The number of nitrogens with zero attached hydrogens (tertiary/aromatic N) is 3. The van der Waals surface area contributed by atoms with Crippen LogP contribution in [-0.2, 0) is 19.4 Å². The summed E-state index contributed by atoms with van der Waals surface area (Å²) in [4.78, 5) is 16.5. The first-order valence-electron chi connectivity index (χ1n) is 8.57. The van der Waals surface area contributed by atoms with Crippen molar-refractivity contribution >= 4 is 62.6 Å². The molecule has 152 valence electrons. The Morgan fingerprint density at radius 1 is 1.28 bits per heavy atom. The Hall–Kier alpha value is -1.87. The number of aromatic nitrogens is 2. The molecule has 1 aromatic heterocycles. The molecule has 1 fully saturated rings. The second-order valence-corrected chi connectivity index (χ2v) is 10.2. The molecule has 7 nitrogen and oxygen atoms in total. The first kappa shape index (κ1) is 20.4. The van der Waals surface area contributed by atoms with Crippen LogP contribution in [0.2, 0.25) is 15.2 Å². The van der Waals surface area contributed by atoms with Gasteiger partial charge in [0.05, 0.1) is 33.8 Å². The van der Waals surface area contributed by atoms with Crippen LogP contribution >= 0.6 is 34.8 Å². The van der Waals surface area contributed by atoms with E-state index < -0.39 is 15.8 Å². The average molecular weight is 475 g/mol. The second kappa shape index (κ2) is 7.43. The standard InChI is InChI=1S/C18H14Cl3N3O4S/c1-9-13(16(21)24(23-9)11-4-5-29(26,27)8-11)7-15-18(25)28-17(22-15)12-3-2-10(19)6-14(12)20/h2-3,6-7,11H,4-5,8H2,1H3/b15-7+/t11-/m1/s1. The summed E-state index contributed by atoms with van der Waals surface area (Å²) in [5.74, 6) is -0.502. The van der Waals surface area contributed by atoms with E-state index in [9.17, 15) is 13.2 Å². The van der Waals surface area contributed by atoms with Crippen LogP contribution in [0.4, 0.5) is 0 Å². The molecule has 0 amide bonds. The Bertz CT molecular complexity index is 1200. The van der Waals surface area contributed by atoms with Crippen LogP contribution in [0.3, 0.4) is 0 Å². The highest BCUT2D eigenvalue weighted by Crippen LogP contribution is 2.32. The van der Waals surface area contributed by atoms with Crippen molar-refractivity contribution in [1.29, 1.82) is 0 Å². The van der Waals surface area contributed by atoms with Gasteiger partial charge in [-0.05, 0) is 37.6 Å². The van der Waals surface area contributed by atoms with Gasteiger partial charge in [0, 0.05) is 10.6 Å². The third kappa shape index (κ3) is 3.94. The molecular formula is C18H14Cl3N3O4S. The first-order chi connectivity index (χ1) is 13.6. The molecule has 0 bridgehead atoms. The van der Waals surface area contributed by atoms with Crippen LogP contribution in [0.25, 0.3) is 6.08 Å². The molecule has 1 atom stereocenters. The normalized spacial score (nSPS) is 22.2. The molecule has 2 aliphatic rings. The summed E-state index contributed by atoms with van der Waals surface area (Å²) in [6.07, 6.45) is 1.92. The zero-order valence-electron chi connectivity index (χ0n) is 15.0. The number of hydrogen-bond donors (Lipinski definition) is 0. The minimum atomic E-state index is -3.09. The van der Waals surface area contributed by atoms with Gasteiger partial charge in [0.1, 0.15) is 5.15 Å². The van der Waals surface area contributed by atoms with Crippen LogP contribution < -0.4 is 0 Å². The lowest BCUT2D eigenvalue weighted by Gasteiger charge is -2.09. The summed E-state index contributed by atoms with van der Waals surface area (Å²) in [7, 11) is -3.09. The number of cyclic esters (lactones) is 1. The zero-order valence-corrected chi connectivity index (χ0v) is 18.1. The summed E-state index contributed by atoms with van der Waals surface area (Å²) in [6.45, 7) is 1.72. The van der Waals surface area contributed by atoms with Crippen molar-refractivity contribution in [3.8, 4) is 0 Å². The van der Waals surface area contributed by atoms with E-state index in [0.717, 1.165) is 0 Å². The second-order valence-electron chi connectivity index (χ2n) is 6.75. The van der Waals surface area contributed by atoms with Crippen LogP contribution in [0.15, 0.2) is 28.9 Å². The van der Waals surface area contributed by atoms with E-state index in [-0.39, 0.29) is 34.3 Å². The third-order valence-corrected chi connectivity index (χ3v) is 7.36. The van der Waals surface area contributed by atoms with Crippen molar-refractivity contribution in [3.05, 3.63) is 55.9 Å². The van der Waals surface area contributed by atoms with Crippen LogP contribution in [0.1, 0.15) is 29.3 Å². The number of hydrogen-bond acceptors (Lipinski definition) is 6. The summed E-state index contributed by atoms with van der Waals surface area (Å²) >= 11 is 18.5. The molecule has 0 spiro atoms. The average Bonchev–Trinajstić information content (AvgIpc) is 3.26. The van der Waals surface area contributed by atoms with Crippen molar-refractivity contribution in [3.63, 3.8) is 0 Å². The van der Waals surface area contributed by atoms with Crippen LogP contribution in [0, 0.1) is 6.92 Å². The Kier molecular flexibility index (Phi) is 5.23. The molecule has 0 unspecified atom stereocenters. The quantitative estimate of drug-likeness (QED) is 0.498. The largest absolute Gasteiger partial charge is 0.402 e. The van der Waals surface area contributed by atoms with Gasteiger partial charge in [0.15, 0.2) is 15.5 Å². The fourth-order valence-corrected chi connectivity index (χ4v) is 5.78. The molecule has 29 heavy (non-hydrogen) atoms. The maximum atomic E-state index is 12.3. The fourth-order valence-electron chi connectivity index (χ4n) is 3.23. The lowest BCUT2D eigenvalue weighted by atomic mass is 10.2. The molecule has 4 rings (SSSR count).